The molecule has 1 aliphatic carbocycles. The second kappa shape index (κ2) is 7.44. The van der Waals surface area contributed by atoms with Gasteiger partial charge >= 0.3 is 0 Å². The van der Waals surface area contributed by atoms with E-state index < -0.39 is 0 Å². The minimum Gasteiger partial charge on any atom is -0.488 e. The molecule has 0 radical (unpaired) electrons. The zero-order chi connectivity index (χ0) is 14.4. The smallest absolute Gasteiger partial charge is 0.130 e. The highest BCUT2D eigenvalue weighted by atomic mass is 16.5. The molecule has 2 rings (SSSR count). The van der Waals surface area contributed by atoms with Crippen LogP contribution >= 0.6 is 0 Å². The Balaban J connectivity index is 1.90. The van der Waals surface area contributed by atoms with Crippen LogP contribution in [0.4, 0.5) is 0 Å². The highest BCUT2D eigenvalue weighted by Crippen LogP contribution is 2.23. The van der Waals surface area contributed by atoms with Gasteiger partial charge in [-0.05, 0) is 50.3 Å². The number of ether oxygens (including phenoxy) is 1. The van der Waals surface area contributed by atoms with Crippen LogP contribution in [0.5, 0.6) is 5.75 Å². The molecule has 1 aliphatic rings. The molecular formula is C17H24O3. The summed E-state index contributed by atoms with van der Waals surface area (Å²) in [5.41, 5.74) is 1.15. The summed E-state index contributed by atoms with van der Waals surface area (Å²) in [5, 5.41) is 10.0. The van der Waals surface area contributed by atoms with Gasteiger partial charge in [0.2, 0.25) is 0 Å². The molecule has 2 unspecified atom stereocenters. The molecule has 3 nitrogen and oxygen atoms in total. The van der Waals surface area contributed by atoms with Gasteiger partial charge in [0, 0.05) is 6.42 Å². The number of rotatable bonds is 5. The number of Topliss-reactive ketones (excluding diaryl/α,β-unsaturated/α-hetero) is 1. The third-order valence-electron chi connectivity index (χ3n) is 3.89. The maximum atomic E-state index is 11.0. The summed E-state index contributed by atoms with van der Waals surface area (Å²) in [6, 6.07) is 7.88. The molecular weight excluding hydrogens is 252 g/mol. The first-order chi connectivity index (χ1) is 9.65. The Labute approximate surface area is 121 Å². The number of aryl methyl sites for hydroxylation is 1. The minimum absolute atomic E-state index is 0.0828. The number of benzene rings is 1. The van der Waals surface area contributed by atoms with Crippen LogP contribution in [-0.4, -0.2) is 23.1 Å². The Morgan fingerprint density at radius 2 is 1.90 bits per heavy atom. The largest absolute Gasteiger partial charge is 0.488 e. The Kier molecular flexibility index (Phi) is 5.60. The van der Waals surface area contributed by atoms with Gasteiger partial charge in [-0.2, -0.15) is 0 Å². The number of carbonyl (C=O) groups is 1. The number of carbonyl (C=O) groups excluding carboxylic acids is 1. The fraction of sp³-hybridized carbons (Fsp3) is 0.588. The van der Waals surface area contributed by atoms with E-state index in [-0.39, 0.29) is 18.0 Å². The summed E-state index contributed by atoms with van der Waals surface area (Å²) in [7, 11) is 0. The molecule has 1 aromatic rings. The van der Waals surface area contributed by atoms with Crippen LogP contribution in [-0.2, 0) is 11.2 Å². The van der Waals surface area contributed by atoms with Crippen molar-refractivity contribution in [2.24, 2.45) is 0 Å². The zero-order valence-corrected chi connectivity index (χ0v) is 12.2. The van der Waals surface area contributed by atoms with E-state index in [1.165, 1.54) is 6.42 Å². The van der Waals surface area contributed by atoms with Gasteiger partial charge in [0.05, 0.1) is 6.10 Å². The Bertz CT molecular complexity index is 424. The first-order valence-electron chi connectivity index (χ1n) is 7.58. The molecule has 0 aromatic heterocycles. The molecule has 0 amide bonds. The average Bonchev–Trinajstić information content (AvgIpc) is 2.63. The predicted molar refractivity (Wildman–Crippen MR) is 79.0 cm³/mol. The minimum atomic E-state index is -0.352. The molecule has 0 aliphatic heterocycles. The molecule has 1 saturated carbocycles. The second-order valence-electron chi connectivity index (χ2n) is 5.71. The van der Waals surface area contributed by atoms with E-state index in [0.29, 0.717) is 6.42 Å². The topological polar surface area (TPSA) is 46.5 Å². The zero-order valence-electron chi connectivity index (χ0n) is 12.2. The standard InChI is InChI=1S/C17H24O3/c1-13(18)7-8-14-9-11-15(12-10-14)20-17-6-4-2-3-5-16(17)19/h9-12,16-17,19H,2-8H2,1H3. The van der Waals surface area contributed by atoms with Gasteiger partial charge in [-0.15, -0.1) is 0 Å². The van der Waals surface area contributed by atoms with E-state index in [0.717, 1.165) is 43.4 Å². The van der Waals surface area contributed by atoms with Gasteiger partial charge in [0.15, 0.2) is 0 Å². The van der Waals surface area contributed by atoms with Crippen LogP contribution in [0.1, 0.15) is 51.0 Å². The van der Waals surface area contributed by atoms with Crippen molar-refractivity contribution in [2.45, 2.75) is 64.1 Å². The fourth-order valence-corrected chi connectivity index (χ4v) is 2.62. The molecule has 20 heavy (non-hydrogen) atoms. The average molecular weight is 276 g/mol. The maximum Gasteiger partial charge on any atom is 0.130 e. The van der Waals surface area contributed by atoms with Gasteiger partial charge < -0.3 is 14.6 Å². The molecule has 3 heteroatoms. The third kappa shape index (κ3) is 4.64. The van der Waals surface area contributed by atoms with Gasteiger partial charge in [0.25, 0.3) is 0 Å². The van der Waals surface area contributed by atoms with Crippen molar-refractivity contribution < 1.29 is 14.6 Å². The van der Waals surface area contributed by atoms with E-state index in [4.69, 9.17) is 4.74 Å². The lowest BCUT2D eigenvalue weighted by Gasteiger charge is -2.22. The quantitative estimate of drug-likeness (QED) is 0.839. The summed E-state index contributed by atoms with van der Waals surface area (Å²) < 4.78 is 5.91. The molecule has 1 fully saturated rings. The third-order valence-corrected chi connectivity index (χ3v) is 3.89. The summed E-state index contributed by atoms with van der Waals surface area (Å²) in [4.78, 5) is 11.0. The molecule has 110 valence electrons. The van der Waals surface area contributed by atoms with Crippen LogP contribution in [0.3, 0.4) is 0 Å². The summed E-state index contributed by atoms with van der Waals surface area (Å²) >= 11 is 0. The summed E-state index contributed by atoms with van der Waals surface area (Å²) in [6.07, 6.45) is 6.08. The number of aliphatic hydroxyl groups excluding tert-OH is 1. The fourth-order valence-electron chi connectivity index (χ4n) is 2.62. The maximum absolute atomic E-state index is 11.0. The first kappa shape index (κ1) is 15.0. The lowest BCUT2D eigenvalue weighted by Crippen LogP contribution is -2.30. The number of aliphatic hydroxyl groups is 1. The van der Waals surface area contributed by atoms with Crippen LogP contribution < -0.4 is 4.74 Å². The second-order valence-corrected chi connectivity index (χ2v) is 5.71. The normalized spacial score (nSPS) is 23.1. The van der Waals surface area contributed by atoms with Gasteiger partial charge in [-0.25, -0.2) is 0 Å². The molecule has 2 atom stereocenters. The van der Waals surface area contributed by atoms with Crippen molar-refractivity contribution in [1.29, 1.82) is 0 Å². The lowest BCUT2D eigenvalue weighted by atomic mass is 10.1. The molecule has 1 aromatic carbocycles. The van der Waals surface area contributed by atoms with Crippen molar-refractivity contribution >= 4 is 5.78 Å². The Morgan fingerprint density at radius 1 is 1.20 bits per heavy atom. The molecule has 0 spiro atoms. The predicted octanol–water partition coefficient (Wildman–Crippen LogP) is 3.28. The van der Waals surface area contributed by atoms with Gasteiger partial charge in [-0.1, -0.05) is 25.0 Å². The van der Waals surface area contributed by atoms with Crippen LogP contribution in [0, 0.1) is 0 Å². The lowest BCUT2D eigenvalue weighted by molar-refractivity contribution is -0.116. The number of hydrogen-bond acceptors (Lipinski definition) is 3. The van der Waals surface area contributed by atoms with Crippen LogP contribution in [0.25, 0.3) is 0 Å². The molecule has 1 N–H and O–H groups in total. The van der Waals surface area contributed by atoms with E-state index in [2.05, 4.69) is 0 Å². The van der Waals surface area contributed by atoms with Gasteiger partial charge in [-0.3, -0.25) is 0 Å². The van der Waals surface area contributed by atoms with Gasteiger partial charge in [0.1, 0.15) is 17.6 Å². The number of ketones is 1. The number of hydrogen-bond donors (Lipinski definition) is 1. The van der Waals surface area contributed by atoms with E-state index >= 15 is 0 Å². The summed E-state index contributed by atoms with van der Waals surface area (Å²) in [5.74, 6) is 1.02. The van der Waals surface area contributed by atoms with Crippen molar-refractivity contribution in [2.75, 3.05) is 0 Å². The first-order valence-corrected chi connectivity index (χ1v) is 7.58. The van der Waals surface area contributed by atoms with Crippen molar-refractivity contribution in [3.05, 3.63) is 29.8 Å². The monoisotopic (exact) mass is 276 g/mol. The van der Waals surface area contributed by atoms with Crippen molar-refractivity contribution in [3.63, 3.8) is 0 Å². The Morgan fingerprint density at radius 3 is 2.60 bits per heavy atom. The molecule has 0 saturated heterocycles. The van der Waals surface area contributed by atoms with Crippen LogP contribution in [0.2, 0.25) is 0 Å². The molecule has 0 heterocycles. The van der Waals surface area contributed by atoms with E-state index in [1.54, 1.807) is 6.92 Å². The highest BCUT2D eigenvalue weighted by Gasteiger charge is 2.23. The highest BCUT2D eigenvalue weighted by molar-refractivity contribution is 5.75. The SMILES string of the molecule is CC(=O)CCc1ccc(OC2CCCCCC2O)cc1. The molecule has 0 bridgehead atoms. The van der Waals surface area contributed by atoms with Crippen molar-refractivity contribution in [3.8, 4) is 5.75 Å². The Hall–Kier alpha value is -1.35. The van der Waals surface area contributed by atoms with Crippen LogP contribution in [0.15, 0.2) is 24.3 Å². The van der Waals surface area contributed by atoms with E-state index in [1.807, 2.05) is 24.3 Å². The van der Waals surface area contributed by atoms with Crippen molar-refractivity contribution in [1.82, 2.24) is 0 Å². The van der Waals surface area contributed by atoms with E-state index in [9.17, 15) is 9.90 Å². The summed E-state index contributed by atoms with van der Waals surface area (Å²) in [6.45, 7) is 1.62.